The Balaban J connectivity index is 1.63. The van der Waals surface area contributed by atoms with E-state index >= 15 is 0 Å². The Hall–Kier alpha value is -2.40. The van der Waals surface area contributed by atoms with Crippen LogP contribution in [-0.4, -0.2) is 25.0 Å². The van der Waals surface area contributed by atoms with E-state index in [-0.39, 0.29) is 19.0 Å². The highest BCUT2D eigenvalue weighted by atomic mass is 32.1. The van der Waals surface area contributed by atoms with Gasteiger partial charge in [0.2, 0.25) is 5.78 Å². The Morgan fingerprint density at radius 3 is 2.82 bits per heavy atom. The number of aryl methyl sites for hydroxylation is 1. The average molecular weight is 314 g/mol. The summed E-state index contributed by atoms with van der Waals surface area (Å²) < 4.78 is 10.6. The van der Waals surface area contributed by atoms with Gasteiger partial charge in [0.25, 0.3) is 0 Å². The van der Waals surface area contributed by atoms with Crippen molar-refractivity contribution in [3.63, 3.8) is 0 Å². The number of hydrogen-bond acceptors (Lipinski definition) is 5. The molecule has 1 aromatic heterocycles. The van der Waals surface area contributed by atoms with E-state index in [4.69, 9.17) is 9.47 Å². The summed E-state index contributed by atoms with van der Waals surface area (Å²) in [6, 6.07) is 11.1. The van der Waals surface area contributed by atoms with Crippen molar-refractivity contribution < 1.29 is 19.1 Å². The molecule has 0 saturated carbocycles. The molecule has 1 aliphatic rings. The van der Waals surface area contributed by atoms with Crippen molar-refractivity contribution in [3.05, 3.63) is 57.3 Å². The van der Waals surface area contributed by atoms with Gasteiger partial charge in [-0.25, -0.2) is 4.79 Å². The first-order valence-electron chi connectivity index (χ1n) is 6.82. The number of rotatable bonds is 4. The molecule has 112 valence electrons. The molecule has 0 radical (unpaired) electrons. The highest BCUT2D eigenvalue weighted by molar-refractivity contribution is 7.14. The number of Topliss-reactive ketones (excluding diaryl/α,β-unsaturated/α-hetero) is 1. The minimum atomic E-state index is -0.517. The molecule has 0 unspecified atom stereocenters. The van der Waals surface area contributed by atoms with Gasteiger partial charge in [0.15, 0.2) is 6.61 Å². The fraction of sp³-hybridized carbons (Fsp3) is 0.176. The number of carbonyl (C=O) groups excluding carboxylic acids is 2. The first-order valence-corrected chi connectivity index (χ1v) is 7.64. The van der Waals surface area contributed by atoms with E-state index in [9.17, 15) is 9.59 Å². The van der Waals surface area contributed by atoms with Crippen LogP contribution < -0.4 is 4.74 Å². The van der Waals surface area contributed by atoms with Gasteiger partial charge in [0.1, 0.15) is 12.4 Å². The van der Waals surface area contributed by atoms with E-state index in [0.29, 0.717) is 10.5 Å². The number of thiophene rings is 1. The molecular weight excluding hydrogens is 300 g/mol. The van der Waals surface area contributed by atoms with Crippen LogP contribution in [-0.2, 0) is 9.53 Å². The lowest BCUT2D eigenvalue weighted by Crippen LogP contribution is -2.20. The lowest BCUT2D eigenvalue weighted by Gasteiger charge is -2.16. The van der Waals surface area contributed by atoms with E-state index < -0.39 is 5.97 Å². The molecule has 5 heteroatoms. The van der Waals surface area contributed by atoms with Crippen molar-refractivity contribution in [3.8, 4) is 5.75 Å². The summed E-state index contributed by atoms with van der Waals surface area (Å²) in [6.07, 6.45) is 1.74. The Kier molecular flexibility index (Phi) is 4.06. The number of hydrogen-bond donors (Lipinski definition) is 0. The van der Waals surface area contributed by atoms with Gasteiger partial charge in [0, 0.05) is 10.4 Å². The van der Waals surface area contributed by atoms with Gasteiger partial charge >= 0.3 is 5.97 Å². The summed E-state index contributed by atoms with van der Waals surface area (Å²) in [5, 5.41) is 0. The summed E-state index contributed by atoms with van der Waals surface area (Å²) in [7, 11) is 0. The monoisotopic (exact) mass is 314 g/mol. The third-order valence-electron chi connectivity index (χ3n) is 3.24. The largest absolute Gasteiger partial charge is 0.488 e. The molecule has 0 atom stereocenters. The molecular formula is C17H14O4S. The predicted molar refractivity (Wildman–Crippen MR) is 84.3 cm³/mol. The Morgan fingerprint density at radius 2 is 2.05 bits per heavy atom. The van der Waals surface area contributed by atoms with E-state index in [2.05, 4.69) is 0 Å². The Bertz CT molecular complexity index is 758. The maximum absolute atomic E-state index is 12.0. The number of para-hydroxylation sites is 1. The SMILES string of the molecule is Cc1ccc(C(=O)COC(=O)C2=Cc3ccccc3OC2)s1. The third kappa shape index (κ3) is 3.09. The van der Waals surface area contributed by atoms with Gasteiger partial charge in [-0.3, -0.25) is 4.79 Å². The third-order valence-corrected chi connectivity index (χ3v) is 4.29. The van der Waals surface area contributed by atoms with Crippen LogP contribution in [0.1, 0.15) is 20.1 Å². The zero-order valence-corrected chi connectivity index (χ0v) is 12.8. The number of esters is 1. The molecule has 2 heterocycles. The van der Waals surface area contributed by atoms with Gasteiger partial charge in [-0.05, 0) is 31.2 Å². The topological polar surface area (TPSA) is 52.6 Å². The maximum Gasteiger partial charge on any atom is 0.337 e. The zero-order valence-electron chi connectivity index (χ0n) is 12.0. The number of carbonyl (C=O) groups is 2. The normalized spacial score (nSPS) is 12.9. The van der Waals surface area contributed by atoms with Gasteiger partial charge < -0.3 is 9.47 Å². The van der Waals surface area contributed by atoms with Crippen molar-refractivity contribution in [2.24, 2.45) is 0 Å². The van der Waals surface area contributed by atoms with Crippen molar-refractivity contribution in [1.29, 1.82) is 0 Å². The molecule has 3 rings (SSSR count). The van der Waals surface area contributed by atoms with Crippen LogP contribution in [0.5, 0.6) is 5.75 Å². The summed E-state index contributed by atoms with van der Waals surface area (Å²) in [4.78, 5) is 25.6. The van der Waals surface area contributed by atoms with Gasteiger partial charge in [-0.2, -0.15) is 0 Å². The van der Waals surface area contributed by atoms with Crippen molar-refractivity contribution in [2.45, 2.75) is 6.92 Å². The summed E-state index contributed by atoms with van der Waals surface area (Å²) >= 11 is 1.39. The standard InChI is InChI=1S/C17H14O4S/c1-11-6-7-16(22-11)14(18)10-21-17(19)13-8-12-4-2-3-5-15(12)20-9-13/h2-8H,9-10H2,1H3. The van der Waals surface area contributed by atoms with Gasteiger partial charge in [-0.1, -0.05) is 18.2 Å². The zero-order chi connectivity index (χ0) is 15.5. The van der Waals surface area contributed by atoms with Crippen LogP contribution >= 0.6 is 11.3 Å². The fourth-order valence-corrected chi connectivity index (χ4v) is 2.91. The second kappa shape index (κ2) is 6.15. The van der Waals surface area contributed by atoms with E-state index in [0.717, 1.165) is 16.2 Å². The number of ketones is 1. The molecule has 1 aromatic carbocycles. The van der Waals surface area contributed by atoms with Crippen LogP contribution in [0, 0.1) is 6.92 Å². The van der Waals surface area contributed by atoms with Crippen LogP contribution in [0.2, 0.25) is 0 Å². The lowest BCUT2D eigenvalue weighted by atomic mass is 10.1. The molecule has 0 fully saturated rings. The molecule has 22 heavy (non-hydrogen) atoms. The molecule has 0 aliphatic carbocycles. The second-order valence-corrected chi connectivity index (χ2v) is 6.19. The highest BCUT2D eigenvalue weighted by Gasteiger charge is 2.19. The summed E-state index contributed by atoms with van der Waals surface area (Å²) in [5.74, 6) is 0.0319. The van der Waals surface area contributed by atoms with Crippen molar-refractivity contribution in [2.75, 3.05) is 13.2 Å². The molecule has 0 spiro atoms. The fourth-order valence-electron chi connectivity index (χ4n) is 2.11. The molecule has 0 N–H and O–H groups in total. The minimum absolute atomic E-state index is 0.155. The molecule has 4 nitrogen and oxygen atoms in total. The number of ether oxygens (including phenoxy) is 2. The molecule has 1 aliphatic heterocycles. The molecule has 0 amide bonds. The predicted octanol–water partition coefficient (Wildman–Crippen LogP) is 3.26. The van der Waals surface area contributed by atoms with Crippen LogP contribution in [0.25, 0.3) is 6.08 Å². The Morgan fingerprint density at radius 1 is 1.23 bits per heavy atom. The lowest BCUT2D eigenvalue weighted by molar-refractivity contribution is -0.138. The van der Waals surface area contributed by atoms with Gasteiger partial charge in [-0.15, -0.1) is 11.3 Å². The van der Waals surface area contributed by atoms with Crippen molar-refractivity contribution in [1.82, 2.24) is 0 Å². The van der Waals surface area contributed by atoms with Crippen molar-refractivity contribution >= 4 is 29.2 Å². The van der Waals surface area contributed by atoms with Crippen LogP contribution in [0.15, 0.2) is 42.0 Å². The Labute approximate surface area is 132 Å². The summed E-state index contributed by atoms with van der Waals surface area (Å²) in [6.45, 7) is 1.83. The maximum atomic E-state index is 12.0. The first-order chi connectivity index (χ1) is 10.6. The quantitative estimate of drug-likeness (QED) is 0.642. The first kappa shape index (κ1) is 14.5. The number of benzene rings is 1. The van der Waals surface area contributed by atoms with E-state index in [1.165, 1.54) is 11.3 Å². The van der Waals surface area contributed by atoms with Gasteiger partial charge in [0.05, 0.1) is 10.5 Å². The molecule has 2 aromatic rings. The number of fused-ring (bicyclic) bond motifs is 1. The molecule has 0 bridgehead atoms. The highest BCUT2D eigenvalue weighted by Crippen LogP contribution is 2.26. The molecule has 0 saturated heterocycles. The van der Waals surface area contributed by atoms with E-state index in [1.807, 2.05) is 37.3 Å². The van der Waals surface area contributed by atoms with Crippen LogP contribution in [0.4, 0.5) is 0 Å². The van der Waals surface area contributed by atoms with E-state index in [1.54, 1.807) is 12.1 Å². The van der Waals surface area contributed by atoms with Crippen LogP contribution in [0.3, 0.4) is 0 Å². The average Bonchev–Trinajstić information content (AvgIpc) is 2.98. The smallest absolute Gasteiger partial charge is 0.337 e. The summed E-state index contributed by atoms with van der Waals surface area (Å²) in [5.41, 5.74) is 1.25. The minimum Gasteiger partial charge on any atom is -0.488 e. The second-order valence-electron chi connectivity index (χ2n) is 4.91.